The molecule has 1 amide bonds. The predicted octanol–water partition coefficient (Wildman–Crippen LogP) is 2.57. The summed E-state index contributed by atoms with van der Waals surface area (Å²) < 4.78 is 0. The van der Waals surface area contributed by atoms with Gasteiger partial charge in [0.2, 0.25) is 11.9 Å². The van der Waals surface area contributed by atoms with Crippen LogP contribution >= 0.6 is 0 Å². The summed E-state index contributed by atoms with van der Waals surface area (Å²) in [5.41, 5.74) is 0. The van der Waals surface area contributed by atoms with Crippen LogP contribution in [-0.4, -0.2) is 60.0 Å². The Kier molecular flexibility index (Phi) is 7.44. The summed E-state index contributed by atoms with van der Waals surface area (Å²) >= 11 is 0. The van der Waals surface area contributed by atoms with Gasteiger partial charge in [-0.15, -0.1) is 0 Å². The smallest absolute Gasteiger partial charge is 0.225 e. The topological polar surface area (TPSA) is 61.4 Å². The zero-order valence-corrected chi connectivity index (χ0v) is 16.9. The summed E-state index contributed by atoms with van der Waals surface area (Å²) in [6, 6.07) is 1.82. The van der Waals surface area contributed by atoms with Crippen LogP contribution < -0.4 is 10.2 Å². The van der Waals surface area contributed by atoms with E-state index >= 15 is 0 Å². The van der Waals surface area contributed by atoms with Crippen LogP contribution in [0.25, 0.3) is 0 Å². The van der Waals surface area contributed by atoms with Crippen molar-refractivity contribution in [2.75, 3.05) is 44.2 Å². The summed E-state index contributed by atoms with van der Waals surface area (Å²) in [6.07, 6.45) is 9.07. The molecule has 150 valence electrons. The molecule has 0 spiro atoms. The van der Waals surface area contributed by atoms with Gasteiger partial charge in [0.05, 0.1) is 5.92 Å². The first-order valence-corrected chi connectivity index (χ1v) is 10.6. The second-order valence-electron chi connectivity index (χ2n) is 8.54. The van der Waals surface area contributed by atoms with Gasteiger partial charge in [-0.2, -0.15) is 0 Å². The van der Waals surface area contributed by atoms with E-state index < -0.39 is 0 Å². The molecule has 2 saturated heterocycles. The number of piperidine rings is 2. The minimum Gasteiger partial charge on any atom is -0.356 e. The maximum Gasteiger partial charge on any atom is 0.225 e. The predicted molar refractivity (Wildman–Crippen MR) is 109 cm³/mol. The summed E-state index contributed by atoms with van der Waals surface area (Å²) in [6.45, 7) is 10.8. The highest BCUT2D eigenvalue weighted by Gasteiger charge is 2.27. The summed E-state index contributed by atoms with van der Waals surface area (Å²) in [7, 11) is 0. The highest BCUT2D eigenvalue weighted by molar-refractivity contribution is 5.79. The molecule has 1 N–H and O–H groups in total. The third-order valence-electron chi connectivity index (χ3n) is 5.77. The first-order chi connectivity index (χ1) is 13.1. The minimum absolute atomic E-state index is 0.0475. The molecule has 2 aliphatic rings. The zero-order valence-electron chi connectivity index (χ0n) is 16.9. The van der Waals surface area contributed by atoms with Crippen molar-refractivity contribution in [2.24, 2.45) is 17.8 Å². The number of amides is 1. The van der Waals surface area contributed by atoms with Crippen molar-refractivity contribution in [3.8, 4) is 0 Å². The third kappa shape index (κ3) is 6.16. The number of unbranched alkanes of at least 4 members (excludes halogenated alkanes) is 1. The van der Waals surface area contributed by atoms with Crippen molar-refractivity contribution >= 4 is 11.9 Å². The van der Waals surface area contributed by atoms with Crippen molar-refractivity contribution in [3.05, 3.63) is 18.5 Å². The molecule has 3 atom stereocenters. The molecule has 0 aliphatic carbocycles. The Morgan fingerprint density at radius 2 is 1.89 bits per heavy atom. The van der Waals surface area contributed by atoms with Gasteiger partial charge >= 0.3 is 0 Å². The van der Waals surface area contributed by atoms with Crippen LogP contribution in [0.1, 0.15) is 46.0 Å². The number of carbonyl (C=O) groups is 1. The number of carbonyl (C=O) groups excluding carboxylic acids is 1. The van der Waals surface area contributed by atoms with Gasteiger partial charge < -0.3 is 15.1 Å². The van der Waals surface area contributed by atoms with E-state index in [2.05, 4.69) is 38.9 Å². The molecule has 0 bridgehead atoms. The largest absolute Gasteiger partial charge is 0.356 e. The lowest BCUT2D eigenvalue weighted by Crippen LogP contribution is -2.44. The van der Waals surface area contributed by atoms with Crippen molar-refractivity contribution in [3.63, 3.8) is 0 Å². The van der Waals surface area contributed by atoms with Crippen molar-refractivity contribution < 1.29 is 4.79 Å². The van der Waals surface area contributed by atoms with Crippen LogP contribution in [0.4, 0.5) is 5.95 Å². The minimum atomic E-state index is 0.0475. The number of aromatic nitrogens is 2. The average molecular weight is 374 g/mol. The third-order valence-corrected chi connectivity index (χ3v) is 5.77. The fourth-order valence-corrected chi connectivity index (χ4v) is 4.62. The number of rotatable bonds is 7. The Morgan fingerprint density at radius 3 is 2.63 bits per heavy atom. The van der Waals surface area contributed by atoms with E-state index in [4.69, 9.17) is 0 Å². The van der Waals surface area contributed by atoms with Crippen LogP contribution in [0, 0.1) is 17.8 Å². The van der Waals surface area contributed by atoms with E-state index in [-0.39, 0.29) is 11.8 Å². The van der Waals surface area contributed by atoms with Gasteiger partial charge in [0.15, 0.2) is 0 Å². The molecule has 0 aromatic carbocycles. The van der Waals surface area contributed by atoms with Gasteiger partial charge in [-0.25, -0.2) is 9.97 Å². The molecule has 1 aromatic heterocycles. The zero-order chi connectivity index (χ0) is 19.1. The van der Waals surface area contributed by atoms with Gasteiger partial charge in [0, 0.05) is 45.1 Å². The first kappa shape index (κ1) is 20.1. The molecule has 3 unspecified atom stereocenters. The Bertz CT molecular complexity index is 571. The van der Waals surface area contributed by atoms with Gasteiger partial charge in [-0.3, -0.25) is 4.79 Å². The molecule has 6 heteroatoms. The molecule has 3 rings (SSSR count). The van der Waals surface area contributed by atoms with E-state index in [0.29, 0.717) is 0 Å². The lowest BCUT2D eigenvalue weighted by atomic mass is 9.92. The normalized spacial score (nSPS) is 26.7. The fraction of sp³-hybridized carbons (Fsp3) is 0.762. The standard InChI is InChI=1S/C21H35N5O/c1-17-13-18(2)15-25(14-17)11-4-3-8-22-20(27)19-7-5-12-26(16-19)21-23-9-6-10-24-21/h6,9-10,17-19H,3-5,7-8,11-16H2,1-2H3,(H,22,27). The van der Waals surface area contributed by atoms with Gasteiger partial charge in [-0.05, 0) is 56.6 Å². The highest BCUT2D eigenvalue weighted by Crippen LogP contribution is 2.21. The van der Waals surface area contributed by atoms with Crippen LogP contribution in [-0.2, 0) is 4.79 Å². The molecule has 1 aromatic rings. The lowest BCUT2D eigenvalue weighted by Gasteiger charge is -2.35. The molecule has 6 nitrogen and oxygen atoms in total. The van der Waals surface area contributed by atoms with Crippen LogP contribution in [0.3, 0.4) is 0 Å². The molecule has 3 heterocycles. The Hall–Kier alpha value is -1.69. The van der Waals surface area contributed by atoms with Gasteiger partial charge in [-0.1, -0.05) is 13.8 Å². The molecule has 2 aliphatic heterocycles. The van der Waals surface area contributed by atoms with E-state index in [9.17, 15) is 4.79 Å². The lowest BCUT2D eigenvalue weighted by molar-refractivity contribution is -0.125. The molecule has 0 saturated carbocycles. The molecular weight excluding hydrogens is 338 g/mol. The van der Waals surface area contributed by atoms with Crippen LogP contribution in [0.5, 0.6) is 0 Å². The van der Waals surface area contributed by atoms with Crippen LogP contribution in [0.2, 0.25) is 0 Å². The number of likely N-dealkylation sites (tertiary alicyclic amines) is 1. The maximum atomic E-state index is 12.5. The Morgan fingerprint density at radius 1 is 1.15 bits per heavy atom. The summed E-state index contributed by atoms with van der Waals surface area (Å²) in [4.78, 5) is 25.9. The van der Waals surface area contributed by atoms with Gasteiger partial charge in [0.1, 0.15) is 0 Å². The second kappa shape index (κ2) is 10.0. The van der Waals surface area contributed by atoms with E-state index in [1.807, 2.05) is 6.07 Å². The maximum absolute atomic E-state index is 12.5. The van der Waals surface area contributed by atoms with Crippen LogP contribution in [0.15, 0.2) is 18.5 Å². The number of nitrogens with one attached hydrogen (secondary N) is 1. The number of hydrogen-bond acceptors (Lipinski definition) is 5. The average Bonchev–Trinajstić information content (AvgIpc) is 2.67. The Labute approximate surface area is 163 Å². The second-order valence-corrected chi connectivity index (χ2v) is 8.54. The van der Waals surface area contributed by atoms with E-state index in [0.717, 1.165) is 69.6 Å². The molecule has 2 fully saturated rings. The number of anilines is 1. The SMILES string of the molecule is CC1CC(C)CN(CCCCNC(=O)C2CCCN(c3ncccn3)C2)C1. The van der Waals surface area contributed by atoms with E-state index in [1.165, 1.54) is 19.5 Å². The molecule has 0 radical (unpaired) electrons. The van der Waals surface area contributed by atoms with Gasteiger partial charge in [0.25, 0.3) is 0 Å². The fourth-order valence-electron chi connectivity index (χ4n) is 4.62. The first-order valence-electron chi connectivity index (χ1n) is 10.6. The summed E-state index contributed by atoms with van der Waals surface area (Å²) in [5, 5.41) is 3.15. The van der Waals surface area contributed by atoms with Crippen molar-refractivity contribution in [1.82, 2.24) is 20.2 Å². The number of nitrogens with zero attached hydrogens (tertiary/aromatic N) is 4. The molecular formula is C21H35N5O. The number of hydrogen-bond donors (Lipinski definition) is 1. The Balaban J connectivity index is 1.33. The van der Waals surface area contributed by atoms with Crippen molar-refractivity contribution in [2.45, 2.75) is 46.0 Å². The molecule has 27 heavy (non-hydrogen) atoms. The summed E-state index contributed by atoms with van der Waals surface area (Å²) in [5.74, 6) is 2.61. The quantitative estimate of drug-likeness (QED) is 0.745. The van der Waals surface area contributed by atoms with Crippen molar-refractivity contribution in [1.29, 1.82) is 0 Å². The monoisotopic (exact) mass is 373 g/mol. The van der Waals surface area contributed by atoms with E-state index in [1.54, 1.807) is 12.4 Å². The highest BCUT2D eigenvalue weighted by atomic mass is 16.1.